The normalized spacial score (nSPS) is 25.8. The summed E-state index contributed by atoms with van der Waals surface area (Å²) in [5, 5.41) is 9.93. The Bertz CT molecular complexity index is 683. The van der Waals surface area contributed by atoms with Gasteiger partial charge in [-0.05, 0) is 48.9 Å². The van der Waals surface area contributed by atoms with Gasteiger partial charge in [-0.15, -0.1) is 0 Å². The van der Waals surface area contributed by atoms with Gasteiger partial charge in [0.2, 0.25) is 5.91 Å². The Morgan fingerprint density at radius 3 is 2.64 bits per heavy atom. The Balaban J connectivity index is 1.42. The molecule has 4 N–H and O–H groups in total. The summed E-state index contributed by atoms with van der Waals surface area (Å²) >= 11 is 0. The van der Waals surface area contributed by atoms with Crippen molar-refractivity contribution in [2.24, 2.45) is 23.5 Å². The lowest BCUT2D eigenvalue weighted by molar-refractivity contribution is -0.118. The van der Waals surface area contributed by atoms with Crippen LogP contribution in [0.2, 0.25) is 0 Å². The maximum Gasteiger partial charge on any atom is 0.228 e. The van der Waals surface area contributed by atoms with Crippen LogP contribution in [0.4, 0.5) is 5.69 Å². The summed E-state index contributed by atoms with van der Waals surface area (Å²) in [6, 6.07) is 7.60. The van der Waals surface area contributed by atoms with Crippen LogP contribution in [0.25, 0.3) is 11.4 Å². The van der Waals surface area contributed by atoms with E-state index in [9.17, 15) is 4.79 Å². The van der Waals surface area contributed by atoms with Gasteiger partial charge in [0.15, 0.2) is 5.82 Å². The van der Waals surface area contributed by atoms with Gasteiger partial charge in [-0.1, -0.05) is 6.42 Å². The van der Waals surface area contributed by atoms with Gasteiger partial charge in [0, 0.05) is 17.2 Å². The zero-order chi connectivity index (χ0) is 15.1. The van der Waals surface area contributed by atoms with Crippen molar-refractivity contribution >= 4 is 11.6 Å². The highest BCUT2D eigenvalue weighted by Gasteiger charge is 2.56. The van der Waals surface area contributed by atoms with E-state index in [-0.39, 0.29) is 11.8 Å². The molecular formula is C16H19N5O. The predicted molar refractivity (Wildman–Crippen MR) is 82.7 cm³/mol. The summed E-state index contributed by atoms with van der Waals surface area (Å²) in [5.74, 6) is 2.98. The quantitative estimate of drug-likeness (QED) is 0.803. The van der Waals surface area contributed by atoms with Crippen LogP contribution >= 0.6 is 0 Å². The van der Waals surface area contributed by atoms with Gasteiger partial charge in [0.1, 0.15) is 5.82 Å². The molecule has 22 heavy (non-hydrogen) atoms. The van der Waals surface area contributed by atoms with E-state index in [4.69, 9.17) is 5.73 Å². The van der Waals surface area contributed by atoms with Crippen molar-refractivity contribution in [3.8, 4) is 11.4 Å². The molecule has 0 bridgehead atoms. The summed E-state index contributed by atoms with van der Waals surface area (Å²) < 4.78 is 0. The molecule has 6 heteroatoms. The van der Waals surface area contributed by atoms with Crippen LogP contribution in [0.5, 0.6) is 0 Å². The molecule has 2 atom stereocenters. The fourth-order valence-electron chi connectivity index (χ4n) is 3.65. The number of nitrogens with zero attached hydrogens (tertiary/aromatic N) is 2. The molecule has 0 saturated heterocycles. The van der Waals surface area contributed by atoms with Crippen molar-refractivity contribution in [1.29, 1.82) is 0 Å². The van der Waals surface area contributed by atoms with Crippen molar-refractivity contribution < 1.29 is 4.79 Å². The third kappa shape index (κ3) is 2.29. The second-order valence-corrected chi connectivity index (χ2v) is 6.16. The molecule has 1 aromatic heterocycles. The first-order chi connectivity index (χ1) is 10.8. The van der Waals surface area contributed by atoms with Crippen molar-refractivity contribution in [2.45, 2.75) is 25.8 Å². The fraction of sp³-hybridized carbons (Fsp3) is 0.438. The summed E-state index contributed by atoms with van der Waals surface area (Å²) in [5.41, 5.74) is 7.24. The Morgan fingerprint density at radius 2 is 2.00 bits per heavy atom. The highest BCUT2D eigenvalue weighted by Crippen LogP contribution is 2.57. The number of fused-ring (bicyclic) bond motifs is 1. The highest BCUT2D eigenvalue weighted by molar-refractivity contribution is 5.95. The lowest BCUT2D eigenvalue weighted by atomic mass is 10.1. The minimum Gasteiger partial charge on any atom is -0.326 e. The van der Waals surface area contributed by atoms with E-state index in [1.807, 2.05) is 24.3 Å². The number of anilines is 1. The molecular weight excluding hydrogens is 278 g/mol. The molecule has 2 aliphatic rings. The fourth-order valence-corrected chi connectivity index (χ4v) is 3.65. The van der Waals surface area contributed by atoms with Gasteiger partial charge in [-0.25, -0.2) is 4.98 Å². The number of hydrogen-bond acceptors (Lipinski definition) is 4. The predicted octanol–water partition coefficient (Wildman–Crippen LogP) is 1.91. The summed E-state index contributed by atoms with van der Waals surface area (Å²) in [4.78, 5) is 16.5. The molecule has 0 spiro atoms. The minimum absolute atomic E-state index is 0.172. The first-order valence-electron chi connectivity index (χ1n) is 7.79. The monoisotopic (exact) mass is 297 g/mol. The Hall–Kier alpha value is -2.21. The lowest BCUT2D eigenvalue weighted by Gasteiger charge is -2.07. The number of carbonyl (C=O) groups is 1. The zero-order valence-electron chi connectivity index (χ0n) is 12.2. The smallest absolute Gasteiger partial charge is 0.228 e. The van der Waals surface area contributed by atoms with Crippen LogP contribution in [-0.4, -0.2) is 21.1 Å². The molecule has 2 aliphatic carbocycles. The Kier molecular flexibility index (Phi) is 3.18. The van der Waals surface area contributed by atoms with Gasteiger partial charge in [-0.3, -0.25) is 9.89 Å². The number of nitrogens with one attached hydrogen (secondary N) is 2. The SMILES string of the molecule is NCc1nc(-c2ccc(NC(=O)C3C4CCCC43)cc2)n[nH]1. The average Bonchev–Trinajstić information content (AvgIpc) is 2.94. The number of benzene rings is 1. The molecule has 1 heterocycles. The maximum atomic E-state index is 12.2. The van der Waals surface area contributed by atoms with E-state index in [0.29, 0.717) is 30.0 Å². The number of H-pyrrole nitrogens is 1. The number of carbonyl (C=O) groups excluding carboxylic acids is 1. The van der Waals surface area contributed by atoms with E-state index < -0.39 is 0 Å². The van der Waals surface area contributed by atoms with E-state index >= 15 is 0 Å². The Morgan fingerprint density at radius 1 is 1.27 bits per heavy atom. The molecule has 1 amide bonds. The maximum absolute atomic E-state index is 12.2. The van der Waals surface area contributed by atoms with Crippen LogP contribution < -0.4 is 11.1 Å². The number of rotatable bonds is 4. The van der Waals surface area contributed by atoms with E-state index in [0.717, 1.165) is 11.3 Å². The summed E-state index contributed by atoms with van der Waals surface area (Å²) in [7, 11) is 0. The van der Waals surface area contributed by atoms with Crippen LogP contribution in [0, 0.1) is 17.8 Å². The van der Waals surface area contributed by atoms with Crippen molar-refractivity contribution in [3.63, 3.8) is 0 Å². The van der Waals surface area contributed by atoms with Gasteiger partial charge >= 0.3 is 0 Å². The zero-order valence-corrected chi connectivity index (χ0v) is 12.2. The number of aromatic nitrogens is 3. The molecule has 4 rings (SSSR count). The average molecular weight is 297 g/mol. The molecule has 1 aromatic carbocycles. The van der Waals surface area contributed by atoms with Gasteiger partial charge in [0.25, 0.3) is 0 Å². The number of aromatic amines is 1. The third-order valence-electron chi connectivity index (χ3n) is 4.84. The first kappa shape index (κ1) is 13.5. The number of amides is 1. The summed E-state index contributed by atoms with van der Waals surface area (Å²) in [6.07, 6.45) is 3.72. The highest BCUT2D eigenvalue weighted by atomic mass is 16.2. The molecule has 6 nitrogen and oxygen atoms in total. The van der Waals surface area contributed by atoms with E-state index in [2.05, 4.69) is 20.5 Å². The van der Waals surface area contributed by atoms with Crippen LogP contribution in [0.3, 0.4) is 0 Å². The molecule has 2 saturated carbocycles. The van der Waals surface area contributed by atoms with Crippen LogP contribution in [0.15, 0.2) is 24.3 Å². The van der Waals surface area contributed by atoms with Crippen molar-refractivity contribution in [2.75, 3.05) is 5.32 Å². The number of nitrogens with two attached hydrogens (primary N) is 1. The molecule has 2 fully saturated rings. The van der Waals surface area contributed by atoms with E-state index in [1.165, 1.54) is 19.3 Å². The molecule has 2 unspecified atom stereocenters. The number of hydrogen-bond donors (Lipinski definition) is 3. The molecule has 114 valence electrons. The van der Waals surface area contributed by atoms with Crippen molar-refractivity contribution in [1.82, 2.24) is 15.2 Å². The van der Waals surface area contributed by atoms with Crippen molar-refractivity contribution in [3.05, 3.63) is 30.1 Å². The Labute approximate surface area is 128 Å². The van der Waals surface area contributed by atoms with Crippen LogP contribution in [-0.2, 0) is 11.3 Å². The van der Waals surface area contributed by atoms with Gasteiger partial charge in [-0.2, -0.15) is 5.10 Å². The second kappa shape index (κ2) is 5.21. The first-order valence-corrected chi connectivity index (χ1v) is 7.79. The molecule has 2 aromatic rings. The van der Waals surface area contributed by atoms with Gasteiger partial charge < -0.3 is 11.1 Å². The third-order valence-corrected chi connectivity index (χ3v) is 4.84. The molecule has 0 aliphatic heterocycles. The minimum atomic E-state index is 0.172. The van der Waals surface area contributed by atoms with Crippen LogP contribution in [0.1, 0.15) is 25.1 Å². The summed E-state index contributed by atoms with van der Waals surface area (Å²) in [6.45, 7) is 0.338. The standard InChI is InChI=1S/C16H19N5O/c17-8-13-19-15(21-20-13)9-4-6-10(7-5-9)18-16(22)14-11-2-1-3-12(11)14/h4-7,11-12,14H,1-3,8,17H2,(H,18,22)(H,19,20,21). The lowest BCUT2D eigenvalue weighted by Crippen LogP contribution is -2.16. The second-order valence-electron chi connectivity index (χ2n) is 6.16. The topological polar surface area (TPSA) is 96.7 Å². The largest absolute Gasteiger partial charge is 0.326 e. The van der Waals surface area contributed by atoms with E-state index in [1.54, 1.807) is 0 Å². The molecule has 0 radical (unpaired) electrons. The van der Waals surface area contributed by atoms with Gasteiger partial charge in [0.05, 0.1) is 6.54 Å².